The van der Waals surface area contributed by atoms with E-state index >= 15 is 4.39 Å². The molecular weight excluding hydrogens is 525 g/mol. The Kier molecular flexibility index (Phi) is 7.31. The fourth-order valence-electron chi connectivity index (χ4n) is 4.17. The van der Waals surface area contributed by atoms with E-state index in [4.69, 9.17) is 16.3 Å². The molecule has 39 heavy (non-hydrogen) atoms. The van der Waals surface area contributed by atoms with Crippen LogP contribution in [-0.2, 0) is 4.74 Å². The normalized spacial score (nSPS) is 12.5. The lowest BCUT2D eigenvalue weighted by Gasteiger charge is -2.22. The summed E-state index contributed by atoms with van der Waals surface area (Å²) < 4.78 is 25.0. The van der Waals surface area contributed by atoms with Crippen LogP contribution < -0.4 is 4.73 Å². The Morgan fingerprint density at radius 3 is 2.69 bits per heavy atom. The van der Waals surface area contributed by atoms with Crippen molar-refractivity contribution in [2.45, 2.75) is 38.8 Å². The third-order valence-electron chi connectivity index (χ3n) is 5.97. The molecule has 4 aromatic heterocycles. The van der Waals surface area contributed by atoms with Crippen LogP contribution in [0.3, 0.4) is 0 Å². The number of pyridine rings is 1. The molecule has 0 saturated carbocycles. The van der Waals surface area contributed by atoms with Gasteiger partial charge >= 0.3 is 0 Å². The Hall–Kier alpha value is -4.29. The second-order valence-electron chi connectivity index (χ2n) is 9.75. The van der Waals surface area contributed by atoms with E-state index in [1.807, 2.05) is 27.0 Å². The number of ether oxygens (including phenoxy) is 1. The van der Waals surface area contributed by atoms with E-state index in [0.29, 0.717) is 40.4 Å². The molecule has 13 heteroatoms. The minimum absolute atomic E-state index is 0.0886. The van der Waals surface area contributed by atoms with Crippen LogP contribution in [-0.4, -0.2) is 52.2 Å². The number of benzene rings is 1. The van der Waals surface area contributed by atoms with Crippen molar-refractivity contribution in [3.63, 3.8) is 0 Å². The van der Waals surface area contributed by atoms with Gasteiger partial charge in [-0.3, -0.25) is 4.68 Å². The van der Waals surface area contributed by atoms with Crippen molar-refractivity contribution in [3.8, 4) is 28.1 Å². The lowest BCUT2D eigenvalue weighted by atomic mass is 10.0. The summed E-state index contributed by atoms with van der Waals surface area (Å²) >= 11 is 6.09. The van der Waals surface area contributed by atoms with Crippen LogP contribution in [0.25, 0.3) is 28.1 Å². The average Bonchev–Trinajstić information content (AvgIpc) is 3.62. The maximum Gasteiger partial charge on any atom is 0.217 e. The Morgan fingerprint density at radius 1 is 1.15 bits per heavy atom. The highest BCUT2D eigenvalue weighted by Gasteiger charge is 2.26. The molecule has 5 aromatic rings. The number of hydrogen-bond donors (Lipinski definition) is 0. The molecule has 5 rings (SSSR count). The molecule has 0 aliphatic rings. The second-order valence-corrected chi connectivity index (χ2v) is 10.2. The Balaban J connectivity index is 1.54. The van der Waals surface area contributed by atoms with Gasteiger partial charge in [0.15, 0.2) is 12.0 Å². The average molecular weight is 550 g/mol. The van der Waals surface area contributed by atoms with E-state index in [2.05, 4.69) is 30.6 Å². The zero-order valence-electron chi connectivity index (χ0n) is 21.4. The number of tetrazole rings is 1. The minimum Gasteiger partial charge on any atom is -0.618 e. The van der Waals surface area contributed by atoms with E-state index in [1.165, 1.54) is 29.6 Å². The molecule has 1 atom stereocenters. The molecule has 0 aliphatic carbocycles. The third kappa shape index (κ3) is 5.76. The van der Waals surface area contributed by atoms with Crippen LogP contribution in [0.15, 0.2) is 67.8 Å². The predicted octanol–water partition coefficient (Wildman–Crippen LogP) is 4.20. The molecule has 4 heterocycles. The first kappa shape index (κ1) is 26.3. The summed E-state index contributed by atoms with van der Waals surface area (Å²) in [6, 6.07) is 7.63. The molecule has 1 unspecified atom stereocenters. The number of hydrogen-bond acceptors (Lipinski definition) is 8. The Morgan fingerprint density at radius 2 is 2.00 bits per heavy atom. The van der Waals surface area contributed by atoms with Gasteiger partial charge in [-0.2, -0.15) is 14.5 Å². The highest BCUT2D eigenvalue weighted by Crippen LogP contribution is 2.33. The standard InChI is InChI=1S/C26H25ClFN9O2/c1-26(2,3)39-11-9-21(35-13-18(12-32-35)20-8-10-29-15-30-20)22-6-4-17(14-37(22)38)24-23(36-16-31-33-34-36)7-5-19(27)25(24)28/h4-8,10,12-16,21H,9,11H2,1-3H3. The van der Waals surface area contributed by atoms with Crippen LogP contribution in [0.4, 0.5) is 4.39 Å². The van der Waals surface area contributed by atoms with Crippen molar-refractivity contribution in [1.29, 1.82) is 0 Å². The molecule has 11 nitrogen and oxygen atoms in total. The summed E-state index contributed by atoms with van der Waals surface area (Å²) in [4.78, 5) is 8.23. The van der Waals surface area contributed by atoms with Gasteiger partial charge in [-0.25, -0.2) is 14.4 Å². The lowest BCUT2D eigenvalue weighted by Crippen LogP contribution is -2.36. The number of rotatable bonds is 8. The van der Waals surface area contributed by atoms with Gasteiger partial charge in [-0.15, -0.1) is 5.10 Å². The molecule has 200 valence electrons. The smallest absolute Gasteiger partial charge is 0.217 e. The zero-order chi connectivity index (χ0) is 27.6. The van der Waals surface area contributed by atoms with Gasteiger partial charge in [0.1, 0.15) is 18.7 Å². The van der Waals surface area contributed by atoms with E-state index in [-0.39, 0.29) is 16.2 Å². The highest BCUT2D eigenvalue weighted by molar-refractivity contribution is 6.31. The van der Waals surface area contributed by atoms with Crippen molar-refractivity contribution >= 4 is 11.6 Å². The molecule has 0 spiro atoms. The van der Waals surface area contributed by atoms with Gasteiger partial charge in [0.25, 0.3) is 0 Å². The first-order chi connectivity index (χ1) is 18.7. The van der Waals surface area contributed by atoms with Crippen LogP contribution in [0.2, 0.25) is 5.02 Å². The van der Waals surface area contributed by atoms with E-state index in [0.717, 1.165) is 5.56 Å². The summed E-state index contributed by atoms with van der Waals surface area (Å²) in [5.74, 6) is -0.686. The van der Waals surface area contributed by atoms with E-state index in [9.17, 15) is 5.21 Å². The minimum atomic E-state index is -0.686. The van der Waals surface area contributed by atoms with Crippen molar-refractivity contribution in [2.75, 3.05) is 6.61 Å². The lowest BCUT2D eigenvalue weighted by molar-refractivity contribution is -0.615. The monoisotopic (exact) mass is 549 g/mol. The van der Waals surface area contributed by atoms with Crippen molar-refractivity contribution < 1.29 is 13.9 Å². The summed E-state index contributed by atoms with van der Waals surface area (Å²) in [7, 11) is 0. The molecule has 1 aromatic carbocycles. The first-order valence-corrected chi connectivity index (χ1v) is 12.5. The van der Waals surface area contributed by atoms with E-state index < -0.39 is 11.9 Å². The molecule has 0 radical (unpaired) electrons. The van der Waals surface area contributed by atoms with Crippen LogP contribution in [0.1, 0.15) is 38.9 Å². The van der Waals surface area contributed by atoms with Gasteiger partial charge in [-0.1, -0.05) is 11.6 Å². The van der Waals surface area contributed by atoms with Crippen LogP contribution in [0, 0.1) is 11.0 Å². The summed E-state index contributed by atoms with van der Waals surface area (Å²) in [5, 5.41) is 29.0. The van der Waals surface area contributed by atoms with Gasteiger partial charge in [-0.05, 0) is 55.5 Å². The molecule has 0 aliphatic heterocycles. The number of halogens is 2. The van der Waals surface area contributed by atoms with Crippen molar-refractivity contribution in [3.05, 3.63) is 89.5 Å². The maximum atomic E-state index is 15.3. The highest BCUT2D eigenvalue weighted by atomic mass is 35.5. The quantitative estimate of drug-likeness (QED) is 0.208. The second kappa shape index (κ2) is 10.8. The molecule has 0 saturated heterocycles. The zero-order valence-corrected chi connectivity index (χ0v) is 22.2. The fourth-order valence-corrected chi connectivity index (χ4v) is 4.33. The first-order valence-electron chi connectivity index (χ1n) is 12.1. The largest absolute Gasteiger partial charge is 0.618 e. The topological polar surface area (TPSA) is 123 Å². The Bertz CT molecular complexity index is 1570. The van der Waals surface area contributed by atoms with Gasteiger partial charge in [0.2, 0.25) is 5.69 Å². The summed E-state index contributed by atoms with van der Waals surface area (Å²) in [6.07, 6.45) is 9.73. The predicted molar refractivity (Wildman–Crippen MR) is 140 cm³/mol. The van der Waals surface area contributed by atoms with Gasteiger partial charge < -0.3 is 9.94 Å². The molecule has 0 bridgehead atoms. The molecule has 0 N–H and O–H groups in total. The molecule has 0 fully saturated rings. The van der Waals surface area contributed by atoms with E-state index in [1.54, 1.807) is 41.3 Å². The SMILES string of the molecule is CC(C)(C)OCCC(c1ccc(-c2c(-n3cnnn3)ccc(Cl)c2F)c[n+]1[O-])n1cc(-c2ccncn2)cn1. The summed E-state index contributed by atoms with van der Waals surface area (Å²) in [5.41, 5.74) is 2.29. The summed E-state index contributed by atoms with van der Waals surface area (Å²) in [6.45, 7) is 6.28. The molecular formula is C26H25ClFN9O2. The van der Waals surface area contributed by atoms with Crippen LogP contribution >= 0.6 is 11.6 Å². The van der Waals surface area contributed by atoms with Gasteiger partial charge in [0, 0.05) is 37.1 Å². The number of aromatic nitrogens is 9. The number of nitrogens with zero attached hydrogens (tertiary/aromatic N) is 9. The third-order valence-corrected chi connectivity index (χ3v) is 6.26. The van der Waals surface area contributed by atoms with Crippen LogP contribution in [0.5, 0.6) is 0 Å². The fraction of sp³-hybridized carbons (Fsp3) is 0.269. The Labute approximate surface area is 228 Å². The van der Waals surface area contributed by atoms with Crippen molar-refractivity contribution in [1.82, 2.24) is 40.0 Å². The van der Waals surface area contributed by atoms with Crippen molar-refractivity contribution in [2.24, 2.45) is 0 Å². The maximum absolute atomic E-state index is 15.3. The van der Waals surface area contributed by atoms with Gasteiger partial charge in [0.05, 0.1) is 39.3 Å². The molecule has 0 amide bonds.